The number of nitrogens with one attached hydrogen (secondary N) is 1. The molecule has 0 unspecified atom stereocenters. The molecule has 1 aromatic rings. The van der Waals surface area contributed by atoms with E-state index in [0.717, 1.165) is 0 Å². The molecule has 0 bridgehead atoms. The van der Waals surface area contributed by atoms with Crippen molar-refractivity contribution in [2.75, 3.05) is 21.2 Å². The number of nitrogens with zero attached hydrogens (tertiary/aromatic N) is 1. The topological polar surface area (TPSA) is 58.6 Å². The van der Waals surface area contributed by atoms with E-state index in [9.17, 15) is 9.59 Å². The van der Waals surface area contributed by atoms with Gasteiger partial charge in [0.25, 0.3) is 5.91 Å². The summed E-state index contributed by atoms with van der Waals surface area (Å²) in [5.41, 5.74) is 2.95. The molecule has 1 N–H and O–H groups in total. The molecule has 0 saturated carbocycles. The fourth-order valence-corrected chi connectivity index (χ4v) is 2.43. The molecule has 0 aliphatic heterocycles. The third kappa shape index (κ3) is 3.69. The first-order valence-corrected chi connectivity index (χ1v) is 6.02. The van der Waals surface area contributed by atoms with Crippen LogP contribution in [0.2, 0.25) is 5.02 Å². The first kappa shape index (κ1) is 14.0. The summed E-state index contributed by atoms with van der Waals surface area (Å²) in [6, 6.07) is 0. The van der Waals surface area contributed by atoms with Gasteiger partial charge in [0.05, 0.1) is 24.1 Å². The Morgan fingerprint density at radius 3 is 2.71 bits per heavy atom. The summed E-state index contributed by atoms with van der Waals surface area (Å²) in [6.45, 7) is 0. The standard InChI is InChI=1S/C10H13ClN2O3S/c1-13(2)12-10(15)6-5-17-7(9(6)11)4-8(14)16-3/h5H,4H2,1-3H3,(H,12,15). The lowest BCUT2D eigenvalue weighted by molar-refractivity contribution is -0.139. The zero-order valence-corrected chi connectivity index (χ0v) is 11.3. The van der Waals surface area contributed by atoms with Crippen molar-refractivity contribution in [1.29, 1.82) is 0 Å². The second-order valence-electron chi connectivity index (χ2n) is 3.47. The monoisotopic (exact) mass is 276 g/mol. The highest BCUT2D eigenvalue weighted by atomic mass is 35.5. The minimum Gasteiger partial charge on any atom is -0.469 e. The Morgan fingerprint density at radius 1 is 1.53 bits per heavy atom. The van der Waals surface area contributed by atoms with Crippen molar-refractivity contribution in [3.8, 4) is 0 Å². The van der Waals surface area contributed by atoms with E-state index < -0.39 is 0 Å². The molecule has 0 aliphatic rings. The van der Waals surface area contributed by atoms with E-state index in [1.807, 2.05) is 0 Å². The Bertz CT molecular complexity index is 431. The van der Waals surface area contributed by atoms with Gasteiger partial charge in [-0.2, -0.15) is 0 Å². The van der Waals surface area contributed by atoms with Crippen LogP contribution in [0.1, 0.15) is 15.2 Å². The molecule has 5 nitrogen and oxygen atoms in total. The average molecular weight is 277 g/mol. The van der Waals surface area contributed by atoms with Gasteiger partial charge in [-0.1, -0.05) is 11.6 Å². The minimum atomic E-state index is -0.381. The number of hydrogen-bond acceptors (Lipinski definition) is 5. The van der Waals surface area contributed by atoms with Gasteiger partial charge in [0.15, 0.2) is 0 Å². The third-order valence-corrected chi connectivity index (χ3v) is 3.43. The molecule has 94 valence electrons. The number of hydrazine groups is 1. The van der Waals surface area contributed by atoms with Gasteiger partial charge in [-0.05, 0) is 0 Å². The van der Waals surface area contributed by atoms with Crippen LogP contribution < -0.4 is 5.43 Å². The number of amides is 1. The van der Waals surface area contributed by atoms with E-state index in [0.29, 0.717) is 15.5 Å². The van der Waals surface area contributed by atoms with E-state index in [2.05, 4.69) is 10.2 Å². The lowest BCUT2D eigenvalue weighted by atomic mass is 10.2. The quantitative estimate of drug-likeness (QED) is 0.666. The van der Waals surface area contributed by atoms with Crippen LogP contribution in [0.15, 0.2) is 5.38 Å². The number of esters is 1. The van der Waals surface area contributed by atoms with Crippen molar-refractivity contribution in [2.45, 2.75) is 6.42 Å². The van der Waals surface area contributed by atoms with Gasteiger partial charge in [-0.25, -0.2) is 5.01 Å². The van der Waals surface area contributed by atoms with Crippen LogP contribution in [0, 0.1) is 0 Å². The zero-order valence-electron chi connectivity index (χ0n) is 9.74. The Kier molecular flexibility index (Phi) is 4.92. The molecule has 0 saturated heterocycles. The molecule has 1 amide bonds. The molecule has 7 heteroatoms. The van der Waals surface area contributed by atoms with Crippen molar-refractivity contribution >= 4 is 34.8 Å². The summed E-state index contributed by atoms with van der Waals surface area (Å²) in [6.07, 6.45) is 0.0786. The van der Waals surface area contributed by atoms with Crippen LogP contribution >= 0.6 is 22.9 Å². The largest absolute Gasteiger partial charge is 0.469 e. The summed E-state index contributed by atoms with van der Waals surface area (Å²) in [5.74, 6) is -0.680. The van der Waals surface area contributed by atoms with Crippen LogP contribution in [-0.4, -0.2) is 38.1 Å². The molecule has 1 aromatic heterocycles. The average Bonchev–Trinajstić information content (AvgIpc) is 2.59. The van der Waals surface area contributed by atoms with Crippen molar-refractivity contribution in [1.82, 2.24) is 10.4 Å². The van der Waals surface area contributed by atoms with Crippen molar-refractivity contribution in [3.63, 3.8) is 0 Å². The highest BCUT2D eigenvalue weighted by molar-refractivity contribution is 7.11. The molecule has 1 rings (SSSR count). The van der Waals surface area contributed by atoms with E-state index in [1.54, 1.807) is 19.5 Å². The maximum Gasteiger partial charge on any atom is 0.310 e. The molecule has 1 heterocycles. The molecular formula is C10H13ClN2O3S. The number of halogens is 1. The number of carbonyl (C=O) groups is 2. The van der Waals surface area contributed by atoms with Crippen LogP contribution in [0.4, 0.5) is 0 Å². The van der Waals surface area contributed by atoms with Crippen LogP contribution in [0.25, 0.3) is 0 Å². The molecule has 0 radical (unpaired) electrons. The van der Waals surface area contributed by atoms with Gasteiger partial charge >= 0.3 is 5.97 Å². The maximum absolute atomic E-state index is 11.7. The summed E-state index contributed by atoms with van der Waals surface area (Å²) < 4.78 is 4.54. The van der Waals surface area contributed by atoms with Gasteiger partial charge in [0.1, 0.15) is 0 Å². The number of thiophene rings is 1. The second kappa shape index (κ2) is 6.00. The van der Waals surface area contributed by atoms with Gasteiger partial charge < -0.3 is 4.74 Å². The number of ether oxygens (including phenoxy) is 1. The van der Waals surface area contributed by atoms with Crippen LogP contribution in [0.3, 0.4) is 0 Å². The van der Waals surface area contributed by atoms with Crippen molar-refractivity contribution < 1.29 is 14.3 Å². The summed E-state index contributed by atoms with van der Waals surface area (Å²) in [7, 11) is 4.71. The number of carbonyl (C=O) groups excluding carboxylic acids is 2. The fourth-order valence-electron chi connectivity index (χ4n) is 1.12. The number of rotatable bonds is 4. The van der Waals surface area contributed by atoms with E-state index in [1.165, 1.54) is 23.5 Å². The summed E-state index contributed by atoms with van der Waals surface area (Å²) in [5, 5.41) is 3.45. The maximum atomic E-state index is 11.7. The highest BCUT2D eigenvalue weighted by Gasteiger charge is 2.18. The Hall–Kier alpha value is -1.11. The van der Waals surface area contributed by atoms with E-state index >= 15 is 0 Å². The first-order valence-electron chi connectivity index (χ1n) is 4.76. The zero-order chi connectivity index (χ0) is 13.0. The molecule has 0 aliphatic carbocycles. The van der Waals surface area contributed by atoms with E-state index in [-0.39, 0.29) is 18.3 Å². The van der Waals surface area contributed by atoms with Crippen molar-refractivity contribution in [2.24, 2.45) is 0 Å². The van der Waals surface area contributed by atoms with Gasteiger partial charge in [0, 0.05) is 24.4 Å². The molecule has 0 atom stereocenters. The highest BCUT2D eigenvalue weighted by Crippen LogP contribution is 2.28. The van der Waals surface area contributed by atoms with Gasteiger partial charge in [-0.3, -0.25) is 15.0 Å². The SMILES string of the molecule is COC(=O)Cc1scc(C(=O)NN(C)C)c1Cl. The first-order chi connectivity index (χ1) is 7.95. The number of methoxy groups -OCH3 is 1. The molecule has 17 heavy (non-hydrogen) atoms. The van der Waals surface area contributed by atoms with Gasteiger partial charge in [-0.15, -0.1) is 11.3 Å². The summed E-state index contributed by atoms with van der Waals surface area (Å²) in [4.78, 5) is 23.4. The van der Waals surface area contributed by atoms with Crippen molar-refractivity contribution in [3.05, 3.63) is 20.8 Å². The second-order valence-corrected chi connectivity index (χ2v) is 4.82. The minimum absolute atomic E-state index is 0.0786. The lowest BCUT2D eigenvalue weighted by Crippen LogP contribution is -2.36. The van der Waals surface area contributed by atoms with Crippen LogP contribution in [0.5, 0.6) is 0 Å². The Balaban J connectivity index is 2.83. The van der Waals surface area contributed by atoms with E-state index in [4.69, 9.17) is 11.6 Å². The molecule has 0 fully saturated rings. The third-order valence-electron chi connectivity index (χ3n) is 1.90. The molecule has 0 spiro atoms. The fraction of sp³-hybridized carbons (Fsp3) is 0.400. The Morgan fingerprint density at radius 2 is 2.18 bits per heavy atom. The molecular weight excluding hydrogens is 264 g/mol. The predicted molar refractivity (Wildman–Crippen MR) is 66.2 cm³/mol. The summed E-state index contributed by atoms with van der Waals surface area (Å²) >= 11 is 7.29. The lowest BCUT2D eigenvalue weighted by Gasteiger charge is -2.10. The molecule has 0 aromatic carbocycles. The Labute approximate surface area is 108 Å². The predicted octanol–water partition coefficient (Wildman–Crippen LogP) is 1.32. The normalized spacial score (nSPS) is 10.4. The van der Waals surface area contributed by atoms with Crippen LogP contribution in [-0.2, 0) is 16.0 Å². The van der Waals surface area contributed by atoms with Gasteiger partial charge in [0.2, 0.25) is 0 Å². The smallest absolute Gasteiger partial charge is 0.310 e. The number of hydrogen-bond donors (Lipinski definition) is 1.